The molecule has 1 heterocycles. The van der Waals surface area contributed by atoms with E-state index in [-0.39, 0.29) is 0 Å². The Bertz CT molecular complexity index is 684. The second kappa shape index (κ2) is 22.5. The van der Waals surface area contributed by atoms with Crippen molar-refractivity contribution in [2.75, 3.05) is 76.0 Å². The Morgan fingerprint density at radius 3 is 1.00 bits per heavy atom. The average molecular weight is 658 g/mol. The molecule has 0 amide bonds. The van der Waals surface area contributed by atoms with Gasteiger partial charge in [-0.2, -0.15) is 0 Å². The van der Waals surface area contributed by atoms with Crippen LogP contribution in [-0.2, 0) is 0 Å². The molecular weight excluding hydrogens is 560 g/mol. The summed E-state index contributed by atoms with van der Waals surface area (Å²) in [4.78, 5) is 2.19. The minimum Gasteiger partial charge on any atom is -0.327 e. The van der Waals surface area contributed by atoms with Crippen LogP contribution in [0.3, 0.4) is 0 Å². The van der Waals surface area contributed by atoms with Gasteiger partial charge in [-0.15, -0.1) is 0 Å². The molecule has 1 aliphatic heterocycles. The zero-order chi connectivity index (χ0) is 37.1. The second-order valence-corrected chi connectivity index (χ2v) is 20.4. The Morgan fingerprint density at radius 2 is 0.804 bits per heavy atom. The first-order valence-corrected chi connectivity index (χ1v) is 19.6. The van der Waals surface area contributed by atoms with Gasteiger partial charge >= 0.3 is 0 Å². The predicted molar refractivity (Wildman–Crippen MR) is 214 cm³/mol. The zero-order valence-electron chi connectivity index (χ0n) is 36.8. The molecule has 0 radical (unpaired) electrons. The Balaban J connectivity index is -0.000000609. The van der Waals surface area contributed by atoms with E-state index in [0.29, 0.717) is 22.2 Å². The molecular formula is C42H97N4+3. The number of unbranched alkanes of at least 4 members (excludes halogenated alkanes) is 11. The van der Waals surface area contributed by atoms with Gasteiger partial charge in [-0.3, -0.25) is 0 Å². The van der Waals surface area contributed by atoms with E-state index < -0.39 is 0 Å². The van der Waals surface area contributed by atoms with Crippen LogP contribution in [0.2, 0.25) is 0 Å². The summed E-state index contributed by atoms with van der Waals surface area (Å²) >= 11 is 0. The first-order chi connectivity index (χ1) is 20.5. The van der Waals surface area contributed by atoms with Gasteiger partial charge in [0, 0.05) is 18.4 Å². The lowest BCUT2D eigenvalue weighted by Gasteiger charge is -2.42. The smallest absolute Gasteiger partial charge is 0.0905 e. The van der Waals surface area contributed by atoms with Crippen molar-refractivity contribution in [1.29, 1.82) is 0 Å². The molecule has 4 heteroatoms. The van der Waals surface area contributed by atoms with Gasteiger partial charge in [0.15, 0.2) is 0 Å². The largest absolute Gasteiger partial charge is 0.327 e. The fourth-order valence-electron chi connectivity index (χ4n) is 4.39. The first kappa shape index (κ1) is 50.2. The summed E-state index contributed by atoms with van der Waals surface area (Å²) in [5.74, 6) is 0. The van der Waals surface area contributed by atoms with E-state index in [9.17, 15) is 0 Å². The normalized spacial score (nSPS) is 15.8. The van der Waals surface area contributed by atoms with Crippen molar-refractivity contribution < 1.29 is 13.4 Å². The van der Waals surface area contributed by atoms with Crippen molar-refractivity contribution >= 4 is 0 Å². The summed E-state index contributed by atoms with van der Waals surface area (Å²) in [6.45, 7) is 33.8. The Morgan fingerprint density at radius 1 is 0.522 bits per heavy atom. The van der Waals surface area contributed by atoms with E-state index in [1.807, 2.05) is 0 Å². The lowest BCUT2D eigenvalue weighted by Crippen LogP contribution is -2.55. The molecule has 0 aromatic rings. The number of hydrogen-bond acceptors (Lipinski definition) is 1. The summed E-state index contributed by atoms with van der Waals surface area (Å²) in [5, 5.41) is 0. The fraction of sp³-hybridized carbons (Fsp3) is 1.00. The molecule has 1 rings (SSSR count). The van der Waals surface area contributed by atoms with E-state index >= 15 is 0 Å². The SMILES string of the molecule is CC(C)(C)[N+](C)(C)C.CC(C)(C)[N+]1(C)CCCC1.CCCCCCCCCCCCCC[N+](C)(C)C(C)(C)C.CN(C)C(C)(C)C. The van der Waals surface area contributed by atoms with Gasteiger partial charge in [0.1, 0.15) is 0 Å². The minimum atomic E-state index is 0.333. The highest BCUT2D eigenvalue weighted by Gasteiger charge is 2.38. The van der Waals surface area contributed by atoms with Crippen molar-refractivity contribution in [2.45, 2.75) is 202 Å². The molecule has 0 N–H and O–H groups in total. The van der Waals surface area contributed by atoms with Crippen LogP contribution >= 0.6 is 0 Å². The molecule has 0 aromatic heterocycles. The van der Waals surface area contributed by atoms with Crippen LogP contribution in [0.4, 0.5) is 0 Å². The van der Waals surface area contributed by atoms with E-state index in [2.05, 4.69) is 151 Å². The number of likely N-dealkylation sites (tertiary alicyclic amines) is 1. The van der Waals surface area contributed by atoms with Crippen LogP contribution < -0.4 is 0 Å². The first-order valence-electron chi connectivity index (χ1n) is 19.6. The molecule has 0 bridgehead atoms. The van der Waals surface area contributed by atoms with Crippen LogP contribution in [0.5, 0.6) is 0 Å². The van der Waals surface area contributed by atoms with Crippen molar-refractivity contribution in [3.63, 3.8) is 0 Å². The maximum Gasteiger partial charge on any atom is 0.0905 e. The lowest BCUT2D eigenvalue weighted by atomic mass is 10.0. The zero-order valence-corrected chi connectivity index (χ0v) is 36.8. The summed E-state index contributed by atoms with van der Waals surface area (Å²) in [7, 11) is 17.9. The van der Waals surface area contributed by atoms with Crippen molar-refractivity contribution in [3.8, 4) is 0 Å². The van der Waals surface area contributed by atoms with Crippen molar-refractivity contribution in [2.24, 2.45) is 0 Å². The second-order valence-electron chi connectivity index (χ2n) is 20.4. The highest BCUT2D eigenvalue weighted by atomic mass is 15.4. The number of quaternary nitrogens is 3. The van der Waals surface area contributed by atoms with Crippen LogP contribution in [0.25, 0.3) is 0 Å². The van der Waals surface area contributed by atoms with E-state index in [1.54, 1.807) is 0 Å². The summed E-state index contributed by atoms with van der Waals surface area (Å²) < 4.78 is 3.44. The Kier molecular flexibility index (Phi) is 24.6. The Hall–Kier alpha value is -0.160. The molecule has 1 saturated heterocycles. The fourth-order valence-corrected chi connectivity index (χ4v) is 4.39. The van der Waals surface area contributed by atoms with Gasteiger partial charge in [-0.1, -0.05) is 71.1 Å². The molecule has 1 fully saturated rings. The number of rotatable bonds is 13. The molecule has 1 aliphatic rings. The van der Waals surface area contributed by atoms with Gasteiger partial charge in [-0.25, -0.2) is 0 Å². The van der Waals surface area contributed by atoms with E-state index in [0.717, 1.165) is 8.97 Å². The third-order valence-electron chi connectivity index (χ3n) is 11.9. The summed E-state index contributed by atoms with van der Waals surface area (Å²) in [6.07, 6.45) is 20.2. The number of nitrogens with zero attached hydrogens (tertiary/aromatic N) is 4. The van der Waals surface area contributed by atoms with Gasteiger partial charge in [0.05, 0.1) is 78.5 Å². The maximum absolute atomic E-state index is 2.38. The molecule has 0 saturated carbocycles. The van der Waals surface area contributed by atoms with Crippen LogP contribution in [-0.4, -0.2) is 117 Å². The van der Waals surface area contributed by atoms with Crippen molar-refractivity contribution in [1.82, 2.24) is 4.90 Å². The molecule has 0 aromatic carbocycles. The predicted octanol–water partition coefficient (Wildman–Crippen LogP) is 11.4. The Labute approximate surface area is 295 Å². The maximum atomic E-state index is 2.38. The van der Waals surface area contributed by atoms with Crippen LogP contribution in [0.1, 0.15) is 180 Å². The summed E-state index contributed by atoms with van der Waals surface area (Å²) in [6, 6.07) is 0. The third kappa shape index (κ3) is 24.9. The molecule has 0 unspecified atom stereocenters. The molecule has 282 valence electrons. The molecule has 0 spiro atoms. The monoisotopic (exact) mass is 658 g/mol. The summed E-state index contributed by atoms with van der Waals surface area (Å²) in [5.41, 5.74) is 1.54. The van der Waals surface area contributed by atoms with Gasteiger partial charge in [0.2, 0.25) is 0 Å². The molecule has 4 nitrogen and oxygen atoms in total. The standard InChI is InChI=1S/C20H44N.C9H20N.C7H18N.C6H15N/c1-7-8-9-10-11-12-13-14-15-16-17-18-19-21(5,6)20(2,3)4;1-9(2,3)10(4)7-5-6-8-10;1-7(2,3)8(4,5)6;1-6(2,3)7(4)5/h7-19H2,1-6H3;5-8H2,1-4H3;1-6H3;1-5H3/q3*+1;. The van der Waals surface area contributed by atoms with Crippen molar-refractivity contribution in [3.05, 3.63) is 0 Å². The van der Waals surface area contributed by atoms with Crippen LogP contribution in [0, 0.1) is 0 Å². The average Bonchev–Trinajstić information content (AvgIpc) is 3.31. The highest BCUT2D eigenvalue weighted by molar-refractivity contribution is 4.68. The van der Waals surface area contributed by atoms with Crippen LogP contribution in [0.15, 0.2) is 0 Å². The highest BCUT2D eigenvalue weighted by Crippen LogP contribution is 2.28. The third-order valence-corrected chi connectivity index (χ3v) is 11.9. The van der Waals surface area contributed by atoms with Gasteiger partial charge in [0.25, 0.3) is 0 Å². The number of hydrogen-bond donors (Lipinski definition) is 0. The molecule has 46 heavy (non-hydrogen) atoms. The lowest BCUT2D eigenvalue weighted by molar-refractivity contribution is -0.942. The molecule has 0 aliphatic carbocycles. The van der Waals surface area contributed by atoms with E-state index in [1.165, 1.54) is 114 Å². The molecule has 0 atom stereocenters. The van der Waals surface area contributed by atoms with Gasteiger partial charge < -0.3 is 18.3 Å². The minimum absolute atomic E-state index is 0.333. The quantitative estimate of drug-likeness (QED) is 0.141. The topological polar surface area (TPSA) is 3.24 Å². The van der Waals surface area contributed by atoms with E-state index in [4.69, 9.17) is 0 Å². The van der Waals surface area contributed by atoms with Gasteiger partial charge in [-0.05, 0) is 110 Å².